The maximum atomic E-state index is 5.39. The van der Waals surface area contributed by atoms with Crippen LogP contribution in [0.2, 0.25) is 0 Å². The average Bonchev–Trinajstić information content (AvgIpc) is 2.69. The van der Waals surface area contributed by atoms with Crippen LogP contribution in [0.5, 0.6) is 0 Å². The van der Waals surface area contributed by atoms with E-state index >= 15 is 0 Å². The number of anilines is 1. The van der Waals surface area contributed by atoms with Gasteiger partial charge in [-0.1, -0.05) is 0 Å². The molecule has 0 aliphatic heterocycles. The molecule has 0 amide bonds. The Hall–Kier alpha value is -0.580. The van der Waals surface area contributed by atoms with Gasteiger partial charge in [-0.05, 0) is 17.9 Å². The molecule has 0 radical (unpaired) electrons. The van der Waals surface area contributed by atoms with E-state index in [4.69, 9.17) is 9.47 Å². The monoisotopic (exact) mass is 215 g/mol. The van der Waals surface area contributed by atoms with Gasteiger partial charge in [-0.25, -0.2) is 0 Å². The van der Waals surface area contributed by atoms with Crippen LogP contribution in [-0.2, 0) is 9.47 Å². The van der Waals surface area contributed by atoms with E-state index < -0.39 is 0 Å². The van der Waals surface area contributed by atoms with Gasteiger partial charge in [0, 0.05) is 37.9 Å². The maximum absolute atomic E-state index is 5.39. The molecule has 3 nitrogen and oxygen atoms in total. The van der Waals surface area contributed by atoms with Gasteiger partial charge in [-0.2, -0.15) is 11.3 Å². The zero-order chi connectivity index (χ0) is 10.1. The van der Waals surface area contributed by atoms with Gasteiger partial charge in [-0.3, -0.25) is 0 Å². The van der Waals surface area contributed by atoms with E-state index in [-0.39, 0.29) is 0 Å². The van der Waals surface area contributed by atoms with Crippen LogP contribution in [0, 0.1) is 0 Å². The highest BCUT2D eigenvalue weighted by Gasteiger charge is 1.91. The van der Waals surface area contributed by atoms with Crippen LogP contribution < -0.4 is 5.32 Å². The van der Waals surface area contributed by atoms with E-state index in [9.17, 15) is 0 Å². The molecule has 0 aliphatic carbocycles. The Morgan fingerprint density at radius 2 is 2.29 bits per heavy atom. The predicted octanol–water partition coefficient (Wildman–Crippen LogP) is 2.21. The van der Waals surface area contributed by atoms with Gasteiger partial charge in [0.1, 0.15) is 0 Å². The molecule has 0 unspecified atom stereocenters. The second-order valence-corrected chi connectivity index (χ2v) is 3.68. The lowest BCUT2D eigenvalue weighted by atomic mass is 10.5. The summed E-state index contributed by atoms with van der Waals surface area (Å²) >= 11 is 1.69. The fourth-order valence-corrected chi connectivity index (χ4v) is 1.65. The first-order valence-electron chi connectivity index (χ1n) is 4.76. The molecule has 80 valence electrons. The molecule has 0 saturated carbocycles. The third kappa shape index (κ3) is 5.21. The van der Waals surface area contributed by atoms with Gasteiger partial charge in [0.2, 0.25) is 0 Å². The normalized spacial score (nSPS) is 10.4. The largest absolute Gasteiger partial charge is 0.385 e. The zero-order valence-corrected chi connectivity index (χ0v) is 9.31. The Morgan fingerprint density at radius 3 is 3.00 bits per heavy atom. The molecular weight excluding hydrogens is 198 g/mol. The summed E-state index contributed by atoms with van der Waals surface area (Å²) in [6.07, 6.45) is 0.967. The minimum atomic E-state index is 0.750. The van der Waals surface area contributed by atoms with Gasteiger partial charge in [-0.15, -0.1) is 0 Å². The summed E-state index contributed by atoms with van der Waals surface area (Å²) in [5.74, 6) is 0. The molecule has 0 fully saturated rings. The lowest BCUT2D eigenvalue weighted by Crippen LogP contribution is -2.10. The van der Waals surface area contributed by atoms with Crippen molar-refractivity contribution in [2.24, 2.45) is 0 Å². The van der Waals surface area contributed by atoms with Crippen LogP contribution in [0.15, 0.2) is 16.8 Å². The Balaban J connectivity index is 1.85. The number of ether oxygens (including phenoxy) is 2. The Labute approximate surface area is 89.0 Å². The summed E-state index contributed by atoms with van der Waals surface area (Å²) in [5, 5.41) is 7.42. The van der Waals surface area contributed by atoms with Crippen LogP contribution in [0.1, 0.15) is 6.42 Å². The summed E-state index contributed by atoms with van der Waals surface area (Å²) in [6.45, 7) is 3.17. The minimum Gasteiger partial charge on any atom is -0.385 e. The topological polar surface area (TPSA) is 30.5 Å². The minimum absolute atomic E-state index is 0.750. The molecular formula is C10H17NO2S. The highest BCUT2D eigenvalue weighted by Crippen LogP contribution is 2.10. The van der Waals surface area contributed by atoms with Crippen molar-refractivity contribution in [3.63, 3.8) is 0 Å². The lowest BCUT2D eigenvalue weighted by Gasteiger charge is -2.05. The van der Waals surface area contributed by atoms with Crippen molar-refractivity contribution < 1.29 is 9.47 Å². The Bertz CT molecular complexity index is 214. The molecule has 1 N–H and O–H groups in total. The molecule has 0 aliphatic rings. The number of hydrogen-bond donors (Lipinski definition) is 1. The van der Waals surface area contributed by atoms with Crippen LogP contribution in [0.25, 0.3) is 0 Å². The van der Waals surface area contributed by atoms with Gasteiger partial charge >= 0.3 is 0 Å². The third-order valence-electron chi connectivity index (χ3n) is 1.73. The number of thiophene rings is 1. The quantitative estimate of drug-likeness (QED) is 0.674. The number of hydrogen-bond acceptors (Lipinski definition) is 4. The molecule has 0 aromatic carbocycles. The van der Waals surface area contributed by atoms with Crippen LogP contribution >= 0.6 is 11.3 Å². The first-order valence-corrected chi connectivity index (χ1v) is 5.70. The van der Waals surface area contributed by atoms with E-state index in [1.54, 1.807) is 18.4 Å². The van der Waals surface area contributed by atoms with Crippen molar-refractivity contribution in [2.75, 3.05) is 38.8 Å². The maximum Gasteiger partial charge on any atom is 0.0639 e. The highest BCUT2D eigenvalue weighted by molar-refractivity contribution is 7.08. The zero-order valence-electron chi connectivity index (χ0n) is 8.49. The molecule has 1 rings (SSSR count). The van der Waals surface area contributed by atoms with Gasteiger partial charge in [0.25, 0.3) is 0 Å². The van der Waals surface area contributed by atoms with Crippen molar-refractivity contribution in [3.8, 4) is 0 Å². The smallest absolute Gasteiger partial charge is 0.0639 e. The molecule has 14 heavy (non-hydrogen) atoms. The molecule has 0 bridgehead atoms. The fourth-order valence-electron chi connectivity index (χ4n) is 1.04. The molecule has 1 aromatic rings. The number of methoxy groups -OCH3 is 1. The van der Waals surface area contributed by atoms with Gasteiger partial charge < -0.3 is 14.8 Å². The van der Waals surface area contributed by atoms with Crippen molar-refractivity contribution in [2.45, 2.75) is 6.42 Å². The van der Waals surface area contributed by atoms with Gasteiger partial charge in [0.15, 0.2) is 0 Å². The summed E-state index contributed by atoms with van der Waals surface area (Å²) in [6, 6.07) is 2.07. The predicted molar refractivity (Wildman–Crippen MR) is 60.1 cm³/mol. The summed E-state index contributed by atoms with van der Waals surface area (Å²) in [5.41, 5.74) is 1.18. The van der Waals surface area contributed by atoms with Crippen LogP contribution in [0.4, 0.5) is 5.69 Å². The molecule has 0 spiro atoms. The van der Waals surface area contributed by atoms with E-state index in [1.165, 1.54) is 5.69 Å². The number of rotatable bonds is 8. The lowest BCUT2D eigenvalue weighted by molar-refractivity contribution is 0.109. The molecule has 1 aromatic heterocycles. The Kier molecular flexibility index (Phi) is 6.40. The summed E-state index contributed by atoms with van der Waals surface area (Å²) in [4.78, 5) is 0. The summed E-state index contributed by atoms with van der Waals surface area (Å²) < 4.78 is 10.3. The van der Waals surface area contributed by atoms with Crippen molar-refractivity contribution in [1.82, 2.24) is 0 Å². The molecule has 1 heterocycles. The van der Waals surface area contributed by atoms with E-state index in [0.29, 0.717) is 0 Å². The molecule has 0 saturated heterocycles. The Morgan fingerprint density at radius 1 is 1.36 bits per heavy atom. The van der Waals surface area contributed by atoms with Crippen molar-refractivity contribution >= 4 is 17.0 Å². The van der Waals surface area contributed by atoms with Gasteiger partial charge in [0.05, 0.1) is 6.61 Å². The first-order chi connectivity index (χ1) is 6.93. The fraction of sp³-hybridized carbons (Fsp3) is 0.600. The molecule has 4 heteroatoms. The SMILES string of the molecule is COCCCOCCNc1ccsc1. The van der Waals surface area contributed by atoms with Crippen LogP contribution in [-0.4, -0.2) is 33.5 Å². The summed E-state index contributed by atoms with van der Waals surface area (Å²) in [7, 11) is 1.71. The van der Waals surface area contributed by atoms with E-state index in [2.05, 4.69) is 22.1 Å². The van der Waals surface area contributed by atoms with E-state index in [1.807, 2.05) is 0 Å². The second-order valence-electron chi connectivity index (χ2n) is 2.90. The average molecular weight is 215 g/mol. The highest BCUT2D eigenvalue weighted by atomic mass is 32.1. The van der Waals surface area contributed by atoms with Crippen molar-refractivity contribution in [1.29, 1.82) is 0 Å². The number of nitrogens with one attached hydrogen (secondary N) is 1. The van der Waals surface area contributed by atoms with Crippen LogP contribution in [0.3, 0.4) is 0 Å². The third-order valence-corrected chi connectivity index (χ3v) is 2.42. The first kappa shape index (κ1) is 11.5. The van der Waals surface area contributed by atoms with Crippen molar-refractivity contribution in [3.05, 3.63) is 16.8 Å². The molecule has 0 atom stereocenters. The standard InChI is InChI=1S/C10H17NO2S/c1-12-5-2-6-13-7-4-11-10-3-8-14-9-10/h3,8-9,11H,2,4-7H2,1H3. The second kappa shape index (κ2) is 7.79. The van der Waals surface area contributed by atoms with E-state index in [0.717, 1.165) is 32.8 Å².